The third-order valence-corrected chi connectivity index (χ3v) is 3.50. The molecular formula is C16H16FN. The smallest absolute Gasteiger partial charge is 0.123 e. The molecule has 92 valence electrons. The van der Waals surface area contributed by atoms with Crippen LogP contribution in [0.5, 0.6) is 0 Å². The molecule has 0 saturated heterocycles. The Hall–Kier alpha value is -1.67. The molecular weight excluding hydrogens is 225 g/mol. The molecule has 1 fully saturated rings. The molecule has 2 aromatic rings. The van der Waals surface area contributed by atoms with E-state index in [9.17, 15) is 4.39 Å². The fourth-order valence-corrected chi connectivity index (χ4v) is 2.34. The molecule has 0 radical (unpaired) electrons. The van der Waals surface area contributed by atoms with Crippen molar-refractivity contribution in [1.29, 1.82) is 0 Å². The third kappa shape index (κ3) is 2.59. The van der Waals surface area contributed by atoms with Gasteiger partial charge in [0.1, 0.15) is 5.82 Å². The van der Waals surface area contributed by atoms with Crippen molar-refractivity contribution in [3.05, 3.63) is 71.5 Å². The highest BCUT2D eigenvalue weighted by atomic mass is 19.1. The Labute approximate surface area is 107 Å². The highest BCUT2D eigenvalue weighted by Gasteiger charge is 2.37. The first-order chi connectivity index (χ1) is 8.83. The van der Waals surface area contributed by atoms with Crippen molar-refractivity contribution in [2.75, 3.05) is 0 Å². The van der Waals surface area contributed by atoms with Gasteiger partial charge in [0.05, 0.1) is 0 Å². The maximum Gasteiger partial charge on any atom is 0.123 e. The summed E-state index contributed by atoms with van der Waals surface area (Å²) in [6, 6.07) is 17.8. The van der Waals surface area contributed by atoms with Crippen molar-refractivity contribution < 1.29 is 4.39 Å². The quantitative estimate of drug-likeness (QED) is 0.864. The summed E-state index contributed by atoms with van der Waals surface area (Å²) in [7, 11) is 0. The second kappa shape index (κ2) is 4.91. The molecule has 0 bridgehead atoms. The van der Waals surface area contributed by atoms with Gasteiger partial charge < -0.3 is 5.32 Å². The van der Waals surface area contributed by atoms with E-state index in [1.54, 1.807) is 12.1 Å². The van der Waals surface area contributed by atoms with Crippen molar-refractivity contribution in [3.8, 4) is 0 Å². The zero-order valence-corrected chi connectivity index (χ0v) is 10.1. The minimum absolute atomic E-state index is 0.159. The van der Waals surface area contributed by atoms with Gasteiger partial charge >= 0.3 is 0 Å². The Bertz CT molecular complexity index is 506. The van der Waals surface area contributed by atoms with Gasteiger partial charge in [0.2, 0.25) is 0 Å². The predicted octanol–water partition coefficient (Wildman–Crippen LogP) is 3.47. The fraction of sp³-hybridized carbons (Fsp3) is 0.250. The SMILES string of the molecule is Fc1ccc(C2CC2NCc2ccccc2)cc1. The van der Waals surface area contributed by atoms with Crippen molar-refractivity contribution in [3.63, 3.8) is 0 Å². The first-order valence-corrected chi connectivity index (χ1v) is 6.36. The highest BCUT2D eigenvalue weighted by molar-refractivity contribution is 5.28. The molecule has 2 atom stereocenters. The van der Waals surface area contributed by atoms with Crippen LogP contribution in [0.3, 0.4) is 0 Å². The summed E-state index contributed by atoms with van der Waals surface area (Å²) in [6.45, 7) is 0.906. The highest BCUT2D eigenvalue weighted by Crippen LogP contribution is 2.40. The molecule has 3 rings (SSSR count). The van der Waals surface area contributed by atoms with Gasteiger partial charge in [0.15, 0.2) is 0 Å². The molecule has 0 amide bonds. The number of halogens is 1. The zero-order valence-electron chi connectivity index (χ0n) is 10.1. The molecule has 1 N–H and O–H groups in total. The lowest BCUT2D eigenvalue weighted by Gasteiger charge is -2.04. The largest absolute Gasteiger partial charge is 0.309 e. The standard InChI is InChI=1S/C16H16FN/c17-14-8-6-13(7-9-14)15-10-16(15)18-11-12-4-2-1-3-5-12/h1-9,15-16,18H,10-11H2. The van der Waals surface area contributed by atoms with Gasteiger partial charge in [-0.05, 0) is 29.7 Å². The van der Waals surface area contributed by atoms with E-state index in [0.29, 0.717) is 12.0 Å². The average molecular weight is 241 g/mol. The van der Waals surface area contributed by atoms with Crippen molar-refractivity contribution in [2.45, 2.75) is 24.9 Å². The van der Waals surface area contributed by atoms with Crippen LogP contribution in [0.1, 0.15) is 23.5 Å². The predicted molar refractivity (Wildman–Crippen MR) is 70.8 cm³/mol. The lowest BCUT2D eigenvalue weighted by atomic mass is 10.1. The van der Waals surface area contributed by atoms with Crippen LogP contribution in [0.2, 0.25) is 0 Å². The van der Waals surface area contributed by atoms with Gasteiger partial charge in [0, 0.05) is 18.5 Å². The maximum atomic E-state index is 12.8. The second-order valence-electron chi connectivity index (χ2n) is 4.87. The Morgan fingerprint density at radius 1 is 1.00 bits per heavy atom. The van der Waals surface area contributed by atoms with Crippen LogP contribution in [-0.4, -0.2) is 6.04 Å². The summed E-state index contributed by atoms with van der Waals surface area (Å²) in [6.07, 6.45) is 1.15. The number of hydrogen-bond donors (Lipinski definition) is 1. The molecule has 1 aliphatic carbocycles. The lowest BCUT2D eigenvalue weighted by Crippen LogP contribution is -2.17. The molecule has 2 aromatic carbocycles. The summed E-state index contributed by atoms with van der Waals surface area (Å²) in [5.74, 6) is 0.391. The fourth-order valence-electron chi connectivity index (χ4n) is 2.34. The summed E-state index contributed by atoms with van der Waals surface area (Å²) < 4.78 is 12.8. The molecule has 0 aromatic heterocycles. The van der Waals surface area contributed by atoms with E-state index in [-0.39, 0.29) is 5.82 Å². The van der Waals surface area contributed by atoms with E-state index >= 15 is 0 Å². The monoisotopic (exact) mass is 241 g/mol. The van der Waals surface area contributed by atoms with Crippen molar-refractivity contribution in [2.24, 2.45) is 0 Å². The van der Waals surface area contributed by atoms with Crippen LogP contribution in [0.25, 0.3) is 0 Å². The van der Waals surface area contributed by atoms with Crippen LogP contribution >= 0.6 is 0 Å². The summed E-state index contributed by atoms with van der Waals surface area (Å²) in [5.41, 5.74) is 2.55. The molecule has 1 aliphatic rings. The number of rotatable bonds is 4. The number of nitrogens with one attached hydrogen (secondary N) is 1. The van der Waals surface area contributed by atoms with Crippen LogP contribution in [0.15, 0.2) is 54.6 Å². The molecule has 0 spiro atoms. The first-order valence-electron chi connectivity index (χ1n) is 6.36. The maximum absolute atomic E-state index is 12.8. The second-order valence-corrected chi connectivity index (χ2v) is 4.87. The Morgan fingerprint density at radius 2 is 1.72 bits per heavy atom. The van der Waals surface area contributed by atoms with E-state index in [1.807, 2.05) is 18.2 Å². The van der Waals surface area contributed by atoms with Gasteiger partial charge in [-0.25, -0.2) is 4.39 Å². The van der Waals surface area contributed by atoms with Crippen LogP contribution in [0, 0.1) is 5.82 Å². The van der Waals surface area contributed by atoms with Gasteiger partial charge in [-0.3, -0.25) is 0 Å². The Morgan fingerprint density at radius 3 is 2.44 bits per heavy atom. The molecule has 0 heterocycles. The molecule has 18 heavy (non-hydrogen) atoms. The molecule has 2 heteroatoms. The minimum atomic E-state index is -0.159. The van der Waals surface area contributed by atoms with Gasteiger partial charge in [-0.1, -0.05) is 42.5 Å². The summed E-state index contributed by atoms with van der Waals surface area (Å²) in [4.78, 5) is 0. The molecule has 2 unspecified atom stereocenters. The van der Waals surface area contributed by atoms with E-state index in [1.165, 1.54) is 11.1 Å². The average Bonchev–Trinajstić information content (AvgIpc) is 3.18. The van der Waals surface area contributed by atoms with E-state index in [0.717, 1.165) is 13.0 Å². The number of hydrogen-bond acceptors (Lipinski definition) is 1. The van der Waals surface area contributed by atoms with E-state index in [2.05, 4.69) is 29.6 Å². The Balaban J connectivity index is 1.54. The van der Waals surface area contributed by atoms with Gasteiger partial charge in [0.25, 0.3) is 0 Å². The van der Waals surface area contributed by atoms with E-state index in [4.69, 9.17) is 0 Å². The summed E-state index contributed by atoms with van der Waals surface area (Å²) in [5, 5.41) is 3.54. The van der Waals surface area contributed by atoms with Crippen LogP contribution in [0.4, 0.5) is 4.39 Å². The first kappa shape index (κ1) is 11.4. The number of benzene rings is 2. The zero-order chi connectivity index (χ0) is 12.4. The summed E-state index contributed by atoms with van der Waals surface area (Å²) >= 11 is 0. The topological polar surface area (TPSA) is 12.0 Å². The molecule has 1 saturated carbocycles. The van der Waals surface area contributed by atoms with Crippen LogP contribution in [-0.2, 0) is 6.54 Å². The molecule has 0 aliphatic heterocycles. The van der Waals surface area contributed by atoms with E-state index < -0.39 is 0 Å². The normalized spacial score (nSPS) is 21.8. The lowest BCUT2D eigenvalue weighted by molar-refractivity contribution is 0.626. The van der Waals surface area contributed by atoms with Crippen LogP contribution < -0.4 is 5.32 Å². The Kier molecular flexibility index (Phi) is 3.11. The van der Waals surface area contributed by atoms with Gasteiger partial charge in [-0.15, -0.1) is 0 Å². The third-order valence-electron chi connectivity index (χ3n) is 3.50. The minimum Gasteiger partial charge on any atom is -0.309 e. The molecule has 1 nitrogen and oxygen atoms in total. The van der Waals surface area contributed by atoms with Crippen molar-refractivity contribution >= 4 is 0 Å². The van der Waals surface area contributed by atoms with Gasteiger partial charge in [-0.2, -0.15) is 0 Å². The van der Waals surface area contributed by atoms with Crippen molar-refractivity contribution in [1.82, 2.24) is 5.32 Å².